The first-order valence-corrected chi connectivity index (χ1v) is 13.5. The standard InChI is InChI=1S/C27H34N4O4S/c1-35-21-4-5-24-23(16-21)22(7-9-29-24)25(32)6-3-19-8-13-31(18-20(19)15-27(33)34)12-2-14-36-26-17-28-10-11-30-26/h4-5,7,9-11,16-17,19-20,25,32H,2-3,6,8,12-15,18H2,1H3,(H,33,34). The number of fused-ring (bicyclic) bond motifs is 1. The Balaban J connectivity index is 1.31. The van der Waals surface area contributed by atoms with Crippen molar-refractivity contribution in [3.05, 3.63) is 54.6 Å². The third-order valence-corrected chi connectivity index (χ3v) is 7.97. The quantitative estimate of drug-likeness (QED) is 0.270. The number of aromatic nitrogens is 3. The molecule has 2 aromatic heterocycles. The first-order valence-electron chi connectivity index (χ1n) is 12.5. The fraction of sp³-hybridized carbons (Fsp3) is 0.481. The van der Waals surface area contributed by atoms with Crippen LogP contribution in [0.25, 0.3) is 10.9 Å². The fourth-order valence-corrected chi connectivity index (χ4v) is 5.86. The number of aliphatic carboxylic acids is 1. The zero-order valence-corrected chi connectivity index (χ0v) is 21.4. The van der Waals surface area contributed by atoms with Gasteiger partial charge in [0.1, 0.15) is 10.8 Å². The highest BCUT2D eigenvalue weighted by atomic mass is 32.2. The molecule has 192 valence electrons. The van der Waals surface area contributed by atoms with Gasteiger partial charge in [-0.15, -0.1) is 11.8 Å². The van der Waals surface area contributed by atoms with E-state index in [4.69, 9.17) is 4.74 Å². The van der Waals surface area contributed by atoms with Crippen LogP contribution in [-0.2, 0) is 4.79 Å². The molecule has 1 aromatic carbocycles. The lowest BCUT2D eigenvalue weighted by Gasteiger charge is -2.38. The van der Waals surface area contributed by atoms with E-state index in [0.29, 0.717) is 6.42 Å². The summed E-state index contributed by atoms with van der Waals surface area (Å²) >= 11 is 1.70. The maximum atomic E-state index is 11.6. The molecule has 2 N–H and O–H groups in total. The van der Waals surface area contributed by atoms with Crippen molar-refractivity contribution in [1.29, 1.82) is 0 Å². The molecule has 3 unspecified atom stereocenters. The zero-order valence-electron chi connectivity index (χ0n) is 20.6. The van der Waals surface area contributed by atoms with Gasteiger partial charge in [-0.25, -0.2) is 4.98 Å². The van der Waals surface area contributed by atoms with Gasteiger partial charge in [0, 0.05) is 42.7 Å². The van der Waals surface area contributed by atoms with Gasteiger partial charge >= 0.3 is 5.97 Å². The molecule has 36 heavy (non-hydrogen) atoms. The number of pyridine rings is 1. The Labute approximate surface area is 216 Å². The maximum Gasteiger partial charge on any atom is 0.303 e. The van der Waals surface area contributed by atoms with E-state index in [1.54, 1.807) is 43.7 Å². The molecular formula is C27H34N4O4S. The lowest BCUT2D eigenvalue weighted by molar-refractivity contribution is -0.139. The Bertz CT molecular complexity index is 1130. The summed E-state index contributed by atoms with van der Waals surface area (Å²) in [5.74, 6) is 1.30. The van der Waals surface area contributed by atoms with Crippen molar-refractivity contribution in [3.63, 3.8) is 0 Å². The van der Waals surface area contributed by atoms with Gasteiger partial charge in [0.25, 0.3) is 0 Å². The van der Waals surface area contributed by atoms with Gasteiger partial charge in [0.2, 0.25) is 0 Å². The molecule has 1 aliphatic heterocycles. The number of carbonyl (C=O) groups is 1. The Morgan fingerprint density at radius 3 is 2.89 bits per heavy atom. The summed E-state index contributed by atoms with van der Waals surface area (Å²) in [5, 5.41) is 22.4. The van der Waals surface area contributed by atoms with Crippen molar-refractivity contribution in [3.8, 4) is 5.75 Å². The number of benzene rings is 1. The third-order valence-electron chi connectivity index (χ3n) is 6.97. The van der Waals surface area contributed by atoms with Gasteiger partial charge in [-0.1, -0.05) is 0 Å². The van der Waals surface area contributed by atoms with E-state index in [9.17, 15) is 15.0 Å². The average Bonchev–Trinajstić information content (AvgIpc) is 2.90. The summed E-state index contributed by atoms with van der Waals surface area (Å²) in [4.78, 5) is 26.8. The Morgan fingerprint density at radius 1 is 1.22 bits per heavy atom. The van der Waals surface area contributed by atoms with Crippen LogP contribution in [0.4, 0.5) is 0 Å². The Morgan fingerprint density at radius 2 is 2.11 bits per heavy atom. The molecule has 0 radical (unpaired) electrons. The molecule has 0 aliphatic carbocycles. The van der Waals surface area contributed by atoms with Gasteiger partial charge in [0.15, 0.2) is 0 Å². The molecule has 1 saturated heterocycles. The molecule has 0 saturated carbocycles. The number of hydrogen-bond donors (Lipinski definition) is 2. The van der Waals surface area contributed by atoms with Crippen molar-refractivity contribution < 1.29 is 19.7 Å². The molecule has 8 nitrogen and oxygen atoms in total. The normalized spacial score (nSPS) is 19.3. The van der Waals surface area contributed by atoms with Crippen molar-refractivity contribution in [2.75, 3.05) is 32.5 Å². The number of likely N-dealkylation sites (tertiary alicyclic amines) is 1. The van der Waals surface area contributed by atoms with E-state index < -0.39 is 12.1 Å². The second-order valence-corrected chi connectivity index (χ2v) is 10.4. The average molecular weight is 511 g/mol. The lowest BCUT2D eigenvalue weighted by Crippen LogP contribution is -2.42. The summed E-state index contributed by atoms with van der Waals surface area (Å²) in [6.45, 7) is 2.70. The SMILES string of the molecule is COc1ccc2nccc(C(O)CCC3CCN(CCCSc4cnccn4)CC3CC(=O)O)c2c1. The second-order valence-electron chi connectivity index (χ2n) is 9.33. The summed E-state index contributed by atoms with van der Waals surface area (Å²) in [6, 6.07) is 7.54. The molecule has 4 rings (SSSR count). The minimum absolute atomic E-state index is 0.0883. The number of thioether (sulfide) groups is 1. The molecule has 3 aromatic rings. The van der Waals surface area contributed by atoms with Gasteiger partial charge in [-0.2, -0.15) is 0 Å². The summed E-state index contributed by atoms with van der Waals surface area (Å²) in [7, 11) is 1.62. The van der Waals surface area contributed by atoms with Gasteiger partial charge in [-0.05, 0) is 80.4 Å². The maximum absolute atomic E-state index is 11.6. The molecular weight excluding hydrogens is 476 g/mol. The van der Waals surface area contributed by atoms with Crippen molar-refractivity contribution >= 4 is 28.6 Å². The number of hydrogen-bond acceptors (Lipinski definition) is 8. The number of nitrogens with zero attached hydrogens (tertiary/aromatic N) is 4. The fourth-order valence-electron chi connectivity index (χ4n) is 5.11. The van der Waals surface area contributed by atoms with Crippen LogP contribution in [0.2, 0.25) is 0 Å². The first kappa shape index (κ1) is 26.3. The van der Waals surface area contributed by atoms with E-state index in [-0.39, 0.29) is 18.3 Å². The number of methoxy groups -OCH3 is 1. The third kappa shape index (κ3) is 7.15. The van der Waals surface area contributed by atoms with Crippen LogP contribution in [0.5, 0.6) is 5.75 Å². The van der Waals surface area contributed by atoms with Crippen LogP contribution in [0.15, 0.2) is 54.1 Å². The van der Waals surface area contributed by atoms with Crippen LogP contribution >= 0.6 is 11.8 Å². The van der Waals surface area contributed by atoms with Crippen molar-refractivity contribution in [2.24, 2.45) is 11.8 Å². The highest BCUT2D eigenvalue weighted by Gasteiger charge is 2.31. The highest BCUT2D eigenvalue weighted by Crippen LogP contribution is 2.35. The highest BCUT2D eigenvalue weighted by molar-refractivity contribution is 7.99. The van der Waals surface area contributed by atoms with E-state index in [1.165, 1.54) is 0 Å². The molecule has 0 bridgehead atoms. The first-order chi connectivity index (χ1) is 17.5. The van der Waals surface area contributed by atoms with Gasteiger partial charge in [-0.3, -0.25) is 14.8 Å². The number of rotatable bonds is 12. The molecule has 1 fully saturated rings. The molecule has 0 spiro atoms. The number of aliphatic hydroxyl groups excluding tert-OH is 1. The van der Waals surface area contributed by atoms with Gasteiger partial charge in [0.05, 0.1) is 24.9 Å². The monoisotopic (exact) mass is 510 g/mol. The van der Waals surface area contributed by atoms with Gasteiger partial charge < -0.3 is 19.8 Å². The van der Waals surface area contributed by atoms with E-state index in [1.807, 2.05) is 24.3 Å². The molecule has 3 heterocycles. The Hall–Kier alpha value is -2.75. The molecule has 1 aliphatic rings. The van der Waals surface area contributed by atoms with E-state index in [0.717, 1.165) is 71.9 Å². The number of carboxylic acid groups (broad SMARTS) is 1. The smallest absolute Gasteiger partial charge is 0.303 e. The number of aliphatic hydroxyl groups is 1. The number of piperidine rings is 1. The van der Waals surface area contributed by atoms with Crippen LogP contribution in [0, 0.1) is 11.8 Å². The van der Waals surface area contributed by atoms with Crippen LogP contribution < -0.4 is 4.74 Å². The predicted octanol–water partition coefficient (Wildman–Crippen LogP) is 4.44. The van der Waals surface area contributed by atoms with Crippen LogP contribution in [-0.4, -0.2) is 68.5 Å². The minimum Gasteiger partial charge on any atom is -0.497 e. The summed E-state index contributed by atoms with van der Waals surface area (Å²) in [6.07, 6.45) is 9.76. The van der Waals surface area contributed by atoms with Crippen molar-refractivity contribution in [2.45, 2.75) is 43.2 Å². The summed E-state index contributed by atoms with van der Waals surface area (Å²) < 4.78 is 5.35. The summed E-state index contributed by atoms with van der Waals surface area (Å²) in [5.41, 5.74) is 1.66. The zero-order chi connectivity index (χ0) is 25.3. The number of carboxylic acids is 1. The van der Waals surface area contributed by atoms with Crippen molar-refractivity contribution in [1.82, 2.24) is 19.9 Å². The lowest BCUT2D eigenvalue weighted by atomic mass is 9.79. The molecule has 3 atom stereocenters. The van der Waals surface area contributed by atoms with Crippen LogP contribution in [0.1, 0.15) is 43.8 Å². The van der Waals surface area contributed by atoms with E-state index >= 15 is 0 Å². The predicted molar refractivity (Wildman–Crippen MR) is 140 cm³/mol. The number of ether oxygens (including phenoxy) is 1. The minimum atomic E-state index is -0.752. The van der Waals surface area contributed by atoms with Crippen LogP contribution in [0.3, 0.4) is 0 Å². The van der Waals surface area contributed by atoms with E-state index in [2.05, 4.69) is 19.9 Å². The molecule has 9 heteroatoms. The second kappa shape index (κ2) is 13.0. The molecule has 0 amide bonds. The largest absolute Gasteiger partial charge is 0.497 e. The topological polar surface area (TPSA) is 109 Å². The Kier molecular flexibility index (Phi) is 9.49.